The lowest BCUT2D eigenvalue weighted by Crippen LogP contribution is -2.57. The van der Waals surface area contributed by atoms with Crippen LogP contribution in [0.25, 0.3) is 0 Å². The number of carbonyl (C=O) groups excluding carboxylic acids is 3. The van der Waals surface area contributed by atoms with Crippen molar-refractivity contribution in [3.63, 3.8) is 0 Å². The van der Waals surface area contributed by atoms with Crippen LogP contribution in [0.2, 0.25) is 0 Å². The van der Waals surface area contributed by atoms with Crippen LogP contribution in [-0.4, -0.2) is 84.5 Å². The van der Waals surface area contributed by atoms with E-state index >= 15 is 0 Å². The van der Waals surface area contributed by atoms with Crippen LogP contribution in [0, 0.1) is 0 Å². The molecule has 2 aromatic carbocycles. The zero-order valence-electron chi connectivity index (χ0n) is 20.3. The molecule has 2 aliphatic rings. The fraction of sp³-hybridized carbons (Fsp3) is 0.444. The molecule has 2 fully saturated rings. The molecule has 0 saturated carbocycles. The van der Waals surface area contributed by atoms with Gasteiger partial charge in [0, 0.05) is 39.1 Å². The maximum Gasteiger partial charge on any atom is 0.410 e. The number of amides is 3. The van der Waals surface area contributed by atoms with E-state index in [2.05, 4.69) is 10.2 Å². The van der Waals surface area contributed by atoms with Gasteiger partial charge in [0.2, 0.25) is 11.8 Å². The summed E-state index contributed by atoms with van der Waals surface area (Å²) in [6, 6.07) is 17.8. The highest BCUT2D eigenvalue weighted by molar-refractivity contribution is 5.91. The molecule has 0 bridgehead atoms. The van der Waals surface area contributed by atoms with E-state index in [1.54, 1.807) is 0 Å². The molecule has 2 atom stereocenters. The van der Waals surface area contributed by atoms with Gasteiger partial charge in [-0.25, -0.2) is 4.79 Å². The van der Waals surface area contributed by atoms with Gasteiger partial charge in [-0.15, -0.1) is 0 Å². The van der Waals surface area contributed by atoms with E-state index in [1.165, 1.54) is 4.90 Å². The summed E-state index contributed by atoms with van der Waals surface area (Å²) >= 11 is 0. The number of nitrogens with one attached hydrogen (secondary N) is 1. The second-order valence-electron chi connectivity index (χ2n) is 9.27. The van der Waals surface area contributed by atoms with Crippen molar-refractivity contribution in [1.82, 2.24) is 20.0 Å². The van der Waals surface area contributed by atoms with E-state index < -0.39 is 18.2 Å². The molecule has 0 aliphatic carbocycles. The molecule has 2 aliphatic heterocycles. The Bertz CT molecular complexity index is 993. The van der Waals surface area contributed by atoms with Gasteiger partial charge in [-0.2, -0.15) is 0 Å². The number of piperazine rings is 1. The third kappa shape index (κ3) is 6.60. The zero-order valence-corrected chi connectivity index (χ0v) is 20.3. The highest BCUT2D eigenvalue weighted by Gasteiger charge is 2.37. The zero-order chi connectivity index (χ0) is 24.6. The highest BCUT2D eigenvalue weighted by Crippen LogP contribution is 2.20. The Morgan fingerprint density at radius 2 is 1.54 bits per heavy atom. The van der Waals surface area contributed by atoms with Crippen molar-refractivity contribution < 1.29 is 19.1 Å². The summed E-state index contributed by atoms with van der Waals surface area (Å²) in [4.78, 5) is 45.0. The standard InChI is InChI=1S/C27H34N4O4/c1-29-15-17-30(18-16-29)26(33)23(19-21-9-4-2-5-10-21)28-25(32)24-13-8-14-31(24)27(34)35-20-22-11-6-3-7-12-22/h2-7,9-12,23-24H,8,13-20H2,1H3,(H,28,32)/t23-,24-/m0/s1. The summed E-state index contributed by atoms with van der Waals surface area (Å²) in [6.45, 7) is 3.50. The van der Waals surface area contributed by atoms with E-state index in [1.807, 2.05) is 72.6 Å². The van der Waals surface area contributed by atoms with Gasteiger partial charge < -0.3 is 19.9 Å². The normalized spacial score (nSPS) is 19.3. The van der Waals surface area contributed by atoms with Gasteiger partial charge >= 0.3 is 6.09 Å². The lowest BCUT2D eigenvalue weighted by atomic mass is 10.0. The Morgan fingerprint density at radius 3 is 2.20 bits per heavy atom. The summed E-state index contributed by atoms with van der Waals surface area (Å²) in [5, 5.41) is 2.98. The number of ether oxygens (including phenoxy) is 1. The quantitative estimate of drug-likeness (QED) is 0.660. The number of hydrogen-bond donors (Lipinski definition) is 1. The first-order valence-electron chi connectivity index (χ1n) is 12.3. The molecule has 1 N–H and O–H groups in total. The molecule has 2 aromatic rings. The van der Waals surface area contributed by atoms with Crippen LogP contribution in [0.15, 0.2) is 60.7 Å². The van der Waals surface area contributed by atoms with Crippen molar-refractivity contribution >= 4 is 17.9 Å². The van der Waals surface area contributed by atoms with Crippen LogP contribution < -0.4 is 5.32 Å². The molecule has 0 radical (unpaired) electrons. The largest absolute Gasteiger partial charge is 0.445 e. The fourth-order valence-corrected chi connectivity index (χ4v) is 4.63. The molecule has 2 heterocycles. The first-order valence-corrected chi connectivity index (χ1v) is 12.3. The van der Waals surface area contributed by atoms with E-state index in [9.17, 15) is 14.4 Å². The lowest BCUT2D eigenvalue weighted by molar-refractivity contribution is -0.138. The highest BCUT2D eigenvalue weighted by atomic mass is 16.6. The summed E-state index contributed by atoms with van der Waals surface area (Å²) in [6.07, 6.45) is 1.17. The van der Waals surface area contributed by atoms with Gasteiger partial charge in [0.25, 0.3) is 0 Å². The molecule has 3 amide bonds. The van der Waals surface area contributed by atoms with Crippen LogP contribution in [-0.2, 0) is 27.4 Å². The Kier molecular flexibility index (Phi) is 8.36. The molecule has 8 heteroatoms. The number of likely N-dealkylation sites (N-methyl/N-ethyl adjacent to an activating group) is 1. The Morgan fingerprint density at radius 1 is 0.914 bits per heavy atom. The summed E-state index contributed by atoms with van der Waals surface area (Å²) in [7, 11) is 2.04. The fourth-order valence-electron chi connectivity index (χ4n) is 4.63. The molecule has 0 aromatic heterocycles. The number of nitrogens with zero attached hydrogens (tertiary/aromatic N) is 3. The first-order chi connectivity index (χ1) is 17.0. The topological polar surface area (TPSA) is 82.2 Å². The molecular formula is C27H34N4O4. The SMILES string of the molecule is CN1CCN(C(=O)[C@H](Cc2ccccc2)NC(=O)[C@@H]2CCCN2C(=O)OCc2ccccc2)CC1. The van der Waals surface area contributed by atoms with Gasteiger partial charge in [0.15, 0.2) is 0 Å². The average Bonchev–Trinajstić information content (AvgIpc) is 3.39. The number of benzene rings is 2. The molecule has 8 nitrogen and oxygen atoms in total. The van der Waals surface area contributed by atoms with Crippen molar-refractivity contribution in [1.29, 1.82) is 0 Å². The summed E-state index contributed by atoms with van der Waals surface area (Å²) < 4.78 is 5.47. The number of likely N-dealkylation sites (tertiary alicyclic amines) is 1. The van der Waals surface area contributed by atoms with Crippen molar-refractivity contribution in [3.05, 3.63) is 71.8 Å². The predicted octanol–water partition coefficient (Wildman–Crippen LogP) is 2.29. The Balaban J connectivity index is 1.41. The first kappa shape index (κ1) is 24.7. The Labute approximate surface area is 206 Å². The van der Waals surface area contributed by atoms with Crippen molar-refractivity contribution in [3.8, 4) is 0 Å². The molecule has 186 valence electrons. The number of hydrogen-bond acceptors (Lipinski definition) is 5. The summed E-state index contributed by atoms with van der Waals surface area (Å²) in [5.74, 6) is -0.380. The van der Waals surface area contributed by atoms with Crippen molar-refractivity contribution in [2.75, 3.05) is 39.8 Å². The second-order valence-corrected chi connectivity index (χ2v) is 9.27. The average molecular weight is 479 g/mol. The van der Waals surface area contributed by atoms with Crippen LogP contribution in [0.3, 0.4) is 0 Å². The molecular weight excluding hydrogens is 444 g/mol. The van der Waals surface area contributed by atoms with Gasteiger partial charge in [-0.3, -0.25) is 14.5 Å². The minimum absolute atomic E-state index is 0.0773. The van der Waals surface area contributed by atoms with Gasteiger partial charge in [0.05, 0.1) is 0 Å². The van der Waals surface area contributed by atoms with Crippen molar-refractivity contribution in [2.24, 2.45) is 0 Å². The third-order valence-electron chi connectivity index (χ3n) is 6.71. The van der Waals surface area contributed by atoms with E-state index in [0.717, 1.165) is 24.2 Å². The summed E-state index contributed by atoms with van der Waals surface area (Å²) in [5.41, 5.74) is 1.87. The molecule has 2 saturated heterocycles. The van der Waals surface area contributed by atoms with E-state index in [-0.39, 0.29) is 18.4 Å². The van der Waals surface area contributed by atoms with Gasteiger partial charge in [0.1, 0.15) is 18.7 Å². The van der Waals surface area contributed by atoms with E-state index in [0.29, 0.717) is 38.9 Å². The van der Waals surface area contributed by atoms with Crippen LogP contribution in [0.1, 0.15) is 24.0 Å². The monoisotopic (exact) mass is 478 g/mol. The minimum Gasteiger partial charge on any atom is -0.445 e. The third-order valence-corrected chi connectivity index (χ3v) is 6.71. The van der Waals surface area contributed by atoms with Crippen LogP contribution >= 0.6 is 0 Å². The molecule has 4 rings (SSSR count). The molecule has 0 unspecified atom stereocenters. The van der Waals surface area contributed by atoms with Gasteiger partial charge in [-0.05, 0) is 31.0 Å². The predicted molar refractivity (Wildman–Crippen MR) is 133 cm³/mol. The van der Waals surface area contributed by atoms with Crippen LogP contribution in [0.4, 0.5) is 4.79 Å². The number of rotatable bonds is 7. The smallest absolute Gasteiger partial charge is 0.410 e. The lowest BCUT2D eigenvalue weighted by Gasteiger charge is -2.35. The molecule has 35 heavy (non-hydrogen) atoms. The van der Waals surface area contributed by atoms with E-state index in [4.69, 9.17) is 4.74 Å². The maximum absolute atomic E-state index is 13.4. The second kappa shape index (κ2) is 11.8. The molecule has 0 spiro atoms. The minimum atomic E-state index is -0.684. The maximum atomic E-state index is 13.4. The number of carbonyl (C=O) groups is 3. The van der Waals surface area contributed by atoms with Crippen molar-refractivity contribution in [2.45, 2.75) is 38.0 Å². The van der Waals surface area contributed by atoms with Crippen LogP contribution in [0.5, 0.6) is 0 Å². The van der Waals surface area contributed by atoms with Gasteiger partial charge in [-0.1, -0.05) is 60.7 Å². The Hall–Kier alpha value is -3.39.